The summed E-state index contributed by atoms with van der Waals surface area (Å²) in [6, 6.07) is 7.11. The molecule has 2 N–H and O–H groups in total. The van der Waals surface area contributed by atoms with Crippen molar-refractivity contribution in [3.8, 4) is 5.69 Å². The number of anilines is 1. The first-order valence-corrected chi connectivity index (χ1v) is 8.56. The van der Waals surface area contributed by atoms with E-state index in [0.29, 0.717) is 5.69 Å². The number of rotatable bonds is 5. The predicted molar refractivity (Wildman–Crippen MR) is 96.8 cm³/mol. The molecule has 0 spiro atoms. The van der Waals surface area contributed by atoms with E-state index < -0.39 is 11.9 Å². The molecule has 0 atom stereocenters. The Kier molecular flexibility index (Phi) is 5.84. The van der Waals surface area contributed by atoms with Gasteiger partial charge in [0, 0.05) is 4.47 Å². The highest BCUT2D eigenvalue weighted by Gasteiger charge is 2.30. The summed E-state index contributed by atoms with van der Waals surface area (Å²) in [5, 5.41) is 4.19. The molecule has 0 fully saturated rings. The normalized spacial score (nSPS) is 11.0. The van der Waals surface area contributed by atoms with Crippen molar-refractivity contribution in [2.75, 3.05) is 5.73 Å². The summed E-state index contributed by atoms with van der Waals surface area (Å²) in [6.45, 7) is 6.83. The molecule has 1 aromatic heterocycles. The van der Waals surface area contributed by atoms with Gasteiger partial charge in [-0.3, -0.25) is 0 Å². The fraction of sp³-hybridized carbons (Fsp3) is 0.353. The quantitative estimate of drug-likeness (QED) is 0.760. The van der Waals surface area contributed by atoms with Gasteiger partial charge in [0.2, 0.25) is 0 Å². The minimum absolute atomic E-state index is 0.0173. The Morgan fingerprint density at radius 2 is 1.56 bits per heavy atom. The lowest BCUT2D eigenvalue weighted by Crippen LogP contribution is -2.19. The van der Waals surface area contributed by atoms with Crippen LogP contribution in [0.15, 0.2) is 28.7 Å². The fourth-order valence-corrected chi connectivity index (χ4v) is 2.36. The maximum Gasteiger partial charge on any atom is 0.360 e. The van der Waals surface area contributed by atoms with E-state index in [2.05, 4.69) is 21.0 Å². The Labute approximate surface area is 154 Å². The van der Waals surface area contributed by atoms with Crippen LogP contribution in [0.3, 0.4) is 0 Å². The van der Waals surface area contributed by atoms with E-state index in [1.807, 2.05) is 0 Å². The molecule has 1 aromatic carbocycles. The molecule has 1 heterocycles. The van der Waals surface area contributed by atoms with Crippen molar-refractivity contribution in [1.29, 1.82) is 0 Å². The van der Waals surface area contributed by atoms with Gasteiger partial charge in [-0.2, -0.15) is 5.10 Å². The molecule has 0 aliphatic heterocycles. The number of nitrogens with two attached hydrogens (primary N) is 1. The van der Waals surface area contributed by atoms with Crippen LogP contribution in [0.2, 0.25) is 0 Å². The summed E-state index contributed by atoms with van der Waals surface area (Å²) in [5.41, 5.74) is 6.44. The van der Waals surface area contributed by atoms with E-state index in [1.165, 1.54) is 4.68 Å². The van der Waals surface area contributed by atoms with Gasteiger partial charge in [0.15, 0.2) is 5.69 Å². The number of esters is 2. The van der Waals surface area contributed by atoms with Crippen LogP contribution in [0.25, 0.3) is 5.69 Å². The highest BCUT2D eigenvalue weighted by Crippen LogP contribution is 2.24. The van der Waals surface area contributed by atoms with Crippen molar-refractivity contribution in [3.63, 3.8) is 0 Å². The van der Waals surface area contributed by atoms with Crippen LogP contribution >= 0.6 is 15.9 Å². The summed E-state index contributed by atoms with van der Waals surface area (Å²) in [4.78, 5) is 24.8. The van der Waals surface area contributed by atoms with Gasteiger partial charge in [0.25, 0.3) is 0 Å². The topological polar surface area (TPSA) is 96.4 Å². The number of carbonyl (C=O) groups is 2. The molecular formula is C17H20BrN3O4. The lowest BCUT2D eigenvalue weighted by molar-refractivity contribution is 0.0325. The number of nitrogens with zero attached hydrogens (tertiary/aromatic N) is 2. The molecule has 0 saturated carbocycles. The number of aromatic nitrogens is 2. The second-order valence-electron chi connectivity index (χ2n) is 5.91. The third-order valence-corrected chi connectivity index (χ3v) is 3.60. The van der Waals surface area contributed by atoms with Gasteiger partial charge in [0.1, 0.15) is 11.4 Å². The predicted octanol–water partition coefficient (Wildman–Crippen LogP) is 3.35. The maximum absolute atomic E-state index is 12.4. The first-order chi connectivity index (χ1) is 11.7. The second-order valence-corrected chi connectivity index (χ2v) is 6.82. The smallest absolute Gasteiger partial charge is 0.360 e. The Balaban J connectivity index is 2.56. The van der Waals surface area contributed by atoms with Gasteiger partial charge in [-0.1, -0.05) is 15.9 Å². The van der Waals surface area contributed by atoms with Crippen molar-refractivity contribution >= 4 is 33.7 Å². The van der Waals surface area contributed by atoms with E-state index >= 15 is 0 Å². The van der Waals surface area contributed by atoms with Crippen molar-refractivity contribution < 1.29 is 19.1 Å². The van der Waals surface area contributed by atoms with Gasteiger partial charge in [-0.15, -0.1) is 0 Å². The molecule has 0 unspecified atom stereocenters. The molecule has 0 bridgehead atoms. The first-order valence-electron chi connectivity index (χ1n) is 7.77. The monoisotopic (exact) mass is 409 g/mol. The number of nitrogen functional groups attached to an aromatic ring is 1. The lowest BCUT2D eigenvalue weighted by Gasteiger charge is -2.09. The second kappa shape index (κ2) is 7.69. The molecule has 0 saturated heterocycles. The average molecular weight is 410 g/mol. The summed E-state index contributed by atoms with van der Waals surface area (Å²) < 4.78 is 12.6. The van der Waals surface area contributed by atoms with Crippen LogP contribution in [-0.2, 0) is 9.47 Å². The van der Waals surface area contributed by atoms with Crippen LogP contribution in [0, 0.1) is 0 Å². The molecule has 25 heavy (non-hydrogen) atoms. The summed E-state index contributed by atoms with van der Waals surface area (Å²) >= 11 is 3.35. The number of halogens is 1. The van der Waals surface area contributed by atoms with Crippen LogP contribution in [0.5, 0.6) is 0 Å². The van der Waals surface area contributed by atoms with Crippen molar-refractivity contribution in [1.82, 2.24) is 9.78 Å². The van der Waals surface area contributed by atoms with Crippen LogP contribution in [0.1, 0.15) is 48.5 Å². The van der Waals surface area contributed by atoms with Gasteiger partial charge >= 0.3 is 11.9 Å². The number of hydrogen-bond acceptors (Lipinski definition) is 6. The lowest BCUT2D eigenvalue weighted by atomic mass is 10.2. The number of hydrogen-bond donors (Lipinski definition) is 1. The number of carbonyl (C=O) groups excluding carboxylic acids is 2. The van der Waals surface area contributed by atoms with E-state index in [0.717, 1.165) is 4.47 Å². The number of ether oxygens (including phenoxy) is 2. The summed E-state index contributed by atoms with van der Waals surface area (Å²) in [7, 11) is 0. The highest BCUT2D eigenvalue weighted by atomic mass is 79.9. The molecule has 2 aromatic rings. The first kappa shape index (κ1) is 19.0. The van der Waals surface area contributed by atoms with Crippen molar-refractivity contribution in [3.05, 3.63) is 40.0 Å². The van der Waals surface area contributed by atoms with Gasteiger partial charge in [-0.25, -0.2) is 14.3 Å². The number of benzene rings is 1. The molecule has 0 amide bonds. The molecule has 0 radical (unpaired) electrons. The van der Waals surface area contributed by atoms with Crippen LogP contribution in [0.4, 0.5) is 5.82 Å². The van der Waals surface area contributed by atoms with E-state index in [1.54, 1.807) is 52.0 Å². The standard InChI is InChI=1S/C17H20BrN3O4/c1-9(2)24-16(22)13-14(17(23)25-10(3)4)20-21(15(13)19)12-7-5-11(18)6-8-12/h5-10H,19H2,1-4H3. The maximum atomic E-state index is 12.4. The van der Waals surface area contributed by atoms with E-state index in [4.69, 9.17) is 15.2 Å². The van der Waals surface area contributed by atoms with Crippen molar-refractivity contribution in [2.45, 2.75) is 39.9 Å². The fourth-order valence-electron chi connectivity index (χ4n) is 2.10. The van der Waals surface area contributed by atoms with Crippen LogP contribution in [-0.4, -0.2) is 33.9 Å². The van der Waals surface area contributed by atoms with E-state index in [-0.39, 0.29) is 29.3 Å². The molecule has 0 aliphatic rings. The highest BCUT2D eigenvalue weighted by molar-refractivity contribution is 9.10. The zero-order chi connectivity index (χ0) is 18.7. The van der Waals surface area contributed by atoms with Gasteiger partial charge in [-0.05, 0) is 52.0 Å². The van der Waals surface area contributed by atoms with Gasteiger partial charge in [0.05, 0.1) is 17.9 Å². The van der Waals surface area contributed by atoms with Crippen molar-refractivity contribution in [2.24, 2.45) is 0 Å². The minimum atomic E-state index is -0.728. The molecular weight excluding hydrogens is 390 g/mol. The Morgan fingerprint density at radius 3 is 2.08 bits per heavy atom. The summed E-state index contributed by atoms with van der Waals surface area (Å²) in [6.07, 6.45) is -0.725. The van der Waals surface area contributed by atoms with Gasteiger partial charge < -0.3 is 15.2 Å². The molecule has 134 valence electrons. The molecule has 8 heteroatoms. The zero-order valence-electron chi connectivity index (χ0n) is 14.4. The third-order valence-electron chi connectivity index (χ3n) is 3.08. The minimum Gasteiger partial charge on any atom is -0.459 e. The molecule has 7 nitrogen and oxygen atoms in total. The Bertz CT molecular complexity index is 782. The average Bonchev–Trinajstić information content (AvgIpc) is 2.84. The SMILES string of the molecule is CC(C)OC(=O)c1nn(-c2ccc(Br)cc2)c(N)c1C(=O)OC(C)C. The Morgan fingerprint density at radius 1 is 1.04 bits per heavy atom. The molecule has 0 aliphatic carbocycles. The molecule has 2 rings (SSSR count). The van der Waals surface area contributed by atoms with Crippen LogP contribution < -0.4 is 5.73 Å². The largest absolute Gasteiger partial charge is 0.459 e. The third kappa shape index (κ3) is 4.39. The zero-order valence-corrected chi connectivity index (χ0v) is 16.0. The Hall–Kier alpha value is -2.35. The van der Waals surface area contributed by atoms with E-state index in [9.17, 15) is 9.59 Å². The summed E-state index contributed by atoms with van der Waals surface area (Å²) in [5.74, 6) is -1.43.